The highest BCUT2D eigenvalue weighted by Crippen LogP contribution is 2.24. The second-order valence-corrected chi connectivity index (χ2v) is 6.65. The molecule has 2 aromatic rings. The maximum Gasteiger partial charge on any atom is 0.182 e. The normalized spacial score (nSPS) is 11.0. The van der Waals surface area contributed by atoms with Crippen LogP contribution in [0.15, 0.2) is 47.4 Å². The van der Waals surface area contributed by atoms with E-state index in [2.05, 4.69) is 0 Å². The Morgan fingerprint density at radius 3 is 2.35 bits per heavy atom. The Bertz CT molecular complexity index is 778. The van der Waals surface area contributed by atoms with Crippen molar-refractivity contribution < 1.29 is 8.42 Å². The number of nitrogens with two attached hydrogens (primary N) is 1. The lowest BCUT2D eigenvalue weighted by atomic mass is 10.2. The Labute approximate surface area is 122 Å². The molecule has 0 aliphatic heterocycles. The molecule has 0 aromatic heterocycles. The van der Waals surface area contributed by atoms with Crippen molar-refractivity contribution in [2.45, 2.75) is 10.6 Å². The maximum atomic E-state index is 12.3. The zero-order valence-electron chi connectivity index (χ0n) is 10.4. The van der Waals surface area contributed by atoms with E-state index in [4.69, 9.17) is 22.6 Å². The number of nitrogens with zero attached hydrogens (tertiary/aromatic N) is 1. The molecular weight excluding hydrogens is 296 g/mol. The van der Waals surface area contributed by atoms with Crippen LogP contribution in [0.2, 0.25) is 5.02 Å². The van der Waals surface area contributed by atoms with Gasteiger partial charge in [-0.25, -0.2) is 8.42 Å². The molecule has 2 rings (SSSR count). The largest absolute Gasteiger partial charge is 0.398 e. The Hall–Kier alpha value is -2.03. The molecule has 0 heterocycles. The maximum absolute atomic E-state index is 12.3. The summed E-state index contributed by atoms with van der Waals surface area (Å²) in [7, 11) is -3.50. The summed E-state index contributed by atoms with van der Waals surface area (Å²) in [6.07, 6.45) is 0. The van der Waals surface area contributed by atoms with Gasteiger partial charge in [-0.15, -0.1) is 0 Å². The molecule has 0 saturated heterocycles. The van der Waals surface area contributed by atoms with Gasteiger partial charge in [-0.1, -0.05) is 23.7 Å². The van der Waals surface area contributed by atoms with Gasteiger partial charge in [-0.3, -0.25) is 0 Å². The second-order valence-electron chi connectivity index (χ2n) is 4.25. The molecule has 0 aliphatic rings. The van der Waals surface area contributed by atoms with E-state index in [9.17, 15) is 8.42 Å². The number of nitrogen functional groups attached to an aromatic ring is 1. The van der Waals surface area contributed by atoms with Gasteiger partial charge in [0.2, 0.25) is 0 Å². The highest BCUT2D eigenvalue weighted by atomic mass is 35.5. The lowest BCUT2D eigenvalue weighted by molar-refractivity contribution is 0.595. The Morgan fingerprint density at radius 2 is 1.80 bits per heavy atom. The quantitative estimate of drug-likeness (QED) is 0.884. The Kier molecular flexibility index (Phi) is 3.98. The van der Waals surface area contributed by atoms with Crippen LogP contribution >= 0.6 is 11.6 Å². The summed E-state index contributed by atoms with van der Waals surface area (Å²) in [6.45, 7) is 0. The number of halogens is 1. The molecule has 0 spiro atoms. The summed E-state index contributed by atoms with van der Waals surface area (Å²) in [4.78, 5) is 0.126. The van der Waals surface area contributed by atoms with Crippen molar-refractivity contribution in [2.24, 2.45) is 0 Å². The fourth-order valence-corrected chi connectivity index (χ4v) is 3.30. The van der Waals surface area contributed by atoms with E-state index in [1.54, 1.807) is 24.3 Å². The van der Waals surface area contributed by atoms with Crippen LogP contribution < -0.4 is 5.73 Å². The van der Waals surface area contributed by atoms with E-state index in [0.717, 1.165) is 0 Å². The number of sulfone groups is 1. The number of nitriles is 1. The molecule has 0 saturated carbocycles. The molecule has 2 aromatic carbocycles. The Balaban J connectivity index is 2.30. The SMILES string of the molecule is N#Cc1ccc(CS(=O)(=O)c2ccc(N)c(Cl)c2)cc1. The standard InChI is InChI=1S/C14H11ClN2O2S/c15-13-7-12(5-6-14(13)17)20(18,19)9-11-3-1-10(8-16)2-4-11/h1-7H,9,17H2. The molecule has 102 valence electrons. The highest BCUT2D eigenvalue weighted by Gasteiger charge is 2.16. The first-order valence-electron chi connectivity index (χ1n) is 5.69. The van der Waals surface area contributed by atoms with Gasteiger partial charge in [0, 0.05) is 0 Å². The third-order valence-electron chi connectivity index (χ3n) is 2.77. The third-order valence-corrected chi connectivity index (χ3v) is 4.78. The number of hydrogen-bond acceptors (Lipinski definition) is 4. The van der Waals surface area contributed by atoms with Crippen molar-refractivity contribution in [1.29, 1.82) is 5.26 Å². The summed E-state index contributed by atoms with van der Waals surface area (Å²) in [5.41, 5.74) is 6.99. The van der Waals surface area contributed by atoms with Gasteiger partial charge in [0.1, 0.15) is 0 Å². The van der Waals surface area contributed by atoms with Gasteiger partial charge >= 0.3 is 0 Å². The number of rotatable bonds is 3. The summed E-state index contributed by atoms with van der Waals surface area (Å²) in [5, 5.41) is 8.91. The van der Waals surface area contributed by atoms with E-state index in [1.807, 2.05) is 6.07 Å². The number of hydrogen-bond donors (Lipinski definition) is 1. The first kappa shape index (κ1) is 14.4. The minimum Gasteiger partial charge on any atom is -0.398 e. The van der Waals surface area contributed by atoms with Gasteiger partial charge in [0.25, 0.3) is 0 Å². The molecule has 0 atom stereocenters. The van der Waals surface area contributed by atoms with Crippen molar-refractivity contribution >= 4 is 27.1 Å². The average molecular weight is 307 g/mol. The van der Waals surface area contributed by atoms with E-state index >= 15 is 0 Å². The van der Waals surface area contributed by atoms with Crippen LogP contribution in [0, 0.1) is 11.3 Å². The van der Waals surface area contributed by atoms with Crippen molar-refractivity contribution in [1.82, 2.24) is 0 Å². The summed E-state index contributed by atoms with van der Waals surface area (Å²) < 4.78 is 24.5. The van der Waals surface area contributed by atoms with Crippen LogP contribution in [0.3, 0.4) is 0 Å². The predicted molar refractivity (Wildman–Crippen MR) is 77.9 cm³/mol. The molecule has 6 heteroatoms. The highest BCUT2D eigenvalue weighted by molar-refractivity contribution is 7.90. The van der Waals surface area contributed by atoms with Gasteiger partial charge < -0.3 is 5.73 Å². The lowest BCUT2D eigenvalue weighted by Gasteiger charge is -2.06. The van der Waals surface area contributed by atoms with Crippen molar-refractivity contribution in [2.75, 3.05) is 5.73 Å². The van der Waals surface area contributed by atoms with Crippen molar-refractivity contribution in [3.63, 3.8) is 0 Å². The first-order chi connectivity index (χ1) is 9.42. The van der Waals surface area contributed by atoms with E-state index in [-0.39, 0.29) is 15.7 Å². The molecular formula is C14H11ClN2O2S. The van der Waals surface area contributed by atoms with Crippen LogP contribution in [0.4, 0.5) is 5.69 Å². The number of benzene rings is 2. The van der Waals surface area contributed by atoms with Gasteiger partial charge in [0.05, 0.1) is 33.0 Å². The molecule has 0 unspecified atom stereocenters. The van der Waals surface area contributed by atoms with Gasteiger partial charge in [0.15, 0.2) is 9.84 Å². The molecule has 0 aliphatic carbocycles. The lowest BCUT2D eigenvalue weighted by Crippen LogP contribution is -2.05. The monoisotopic (exact) mass is 306 g/mol. The van der Waals surface area contributed by atoms with E-state index in [0.29, 0.717) is 16.8 Å². The van der Waals surface area contributed by atoms with E-state index in [1.165, 1.54) is 18.2 Å². The molecule has 0 fully saturated rings. The minimum absolute atomic E-state index is 0.126. The third kappa shape index (κ3) is 3.10. The summed E-state index contributed by atoms with van der Waals surface area (Å²) >= 11 is 5.84. The van der Waals surface area contributed by atoms with Crippen LogP contribution in [0.1, 0.15) is 11.1 Å². The smallest absolute Gasteiger partial charge is 0.182 e. The van der Waals surface area contributed by atoms with Crippen molar-refractivity contribution in [3.8, 4) is 6.07 Å². The predicted octanol–water partition coefficient (Wildman–Crippen LogP) is 2.77. The fraction of sp³-hybridized carbons (Fsp3) is 0.0714. The summed E-state index contributed by atoms with van der Waals surface area (Å²) in [6, 6.07) is 12.6. The molecule has 0 radical (unpaired) electrons. The zero-order valence-corrected chi connectivity index (χ0v) is 11.9. The van der Waals surface area contributed by atoms with Gasteiger partial charge in [-0.2, -0.15) is 5.26 Å². The molecule has 20 heavy (non-hydrogen) atoms. The first-order valence-corrected chi connectivity index (χ1v) is 7.72. The molecule has 2 N–H and O–H groups in total. The topological polar surface area (TPSA) is 84.0 Å². The molecule has 0 bridgehead atoms. The Morgan fingerprint density at radius 1 is 1.15 bits per heavy atom. The van der Waals surface area contributed by atoms with Crippen LogP contribution in [-0.4, -0.2) is 8.42 Å². The zero-order chi connectivity index (χ0) is 14.8. The van der Waals surface area contributed by atoms with Gasteiger partial charge in [-0.05, 0) is 35.9 Å². The van der Waals surface area contributed by atoms with Crippen LogP contribution in [-0.2, 0) is 15.6 Å². The fourth-order valence-electron chi connectivity index (χ4n) is 1.68. The number of anilines is 1. The second kappa shape index (κ2) is 5.53. The molecule has 0 amide bonds. The summed E-state index contributed by atoms with van der Waals surface area (Å²) in [5.74, 6) is -0.154. The average Bonchev–Trinajstić information content (AvgIpc) is 2.42. The van der Waals surface area contributed by atoms with Crippen LogP contribution in [0.25, 0.3) is 0 Å². The van der Waals surface area contributed by atoms with Crippen LogP contribution in [0.5, 0.6) is 0 Å². The van der Waals surface area contributed by atoms with Crippen molar-refractivity contribution in [3.05, 3.63) is 58.6 Å². The minimum atomic E-state index is -3.50. The molecule has 4 nitrogen and oxygen atoms in total. The van der Waals surface area contributed by atoms with E-state index < -0.39 is 9.84 Å².